The van der Waals surface area contributed by atoms with E-state index in [1.807, 2.05) is 6.92 Å². The molecule has 2 aliphatic rings. The number of fused-ring (bicyclic) bond motifs is 4. The van der Waals surface area contributed by atoms with E-state index >= 15 is 0 Å². The maximum atomic E-state index is 5.91. The van der Waals surface area contributed by atoms with Crippen LogP contribution in [0.3, 0.4) is 0 Å². The standard InChI is InChI=1S/C22H22N2O/c1-2-25-20-12-6-10-17-14-8-5-9-16(14)21(24-22(17)20)18-13-23-19-11-4-3-7-15(18)19/h3-8,10-14,16,21,23-24H,2,9H2,1H3. The summed E-state index contributed by atoms with van der Waals surface area (Å²) in [5, 5.41) is 5.14. The molecule has 25 heavy (non-hydrogen) atoms. The van der Waals surface area contributed by atoms with Gasteiger partial charge in [0.1, 0.15) is 5.75 Å². The van der Waals surface area contributed by atoms with Crippen molar-refractivity contribution < 1.29 is 4.74 Å². The highest BCUT2D eigenvalue weighted by atomic mass is 16.5. The molecule has 3 nitrogen and oxygen atoms in total. The normalized spacial score (nSPS) is 24.0. The maximum absolute atomic E-state index is 5.91. The van der Waals surface area contributed by atoms with Crippen LogP contribution in [0.4, 0.5) is 5.69 Å². The molecule has 0 fully saturated rings. The average Bonchev–Trinajstić information content (AvgIpc) is 3.29. The summed E-state index contributed by atoms with van der Waals surface area (Å²) in [4.78, 5) is 3.44. The number of allylic oxidation sites excluding steroid dienone is 2. The van der Waals surface area contributed by atoms with Crippen molar-refractivity contribution in [2.24, 2.45) is 5.92 Å². The molecule has 0 radical (unpaired) electrons. The van der Waals surface area contributed by atoms with Gasteiger partial charge in [0.15, 0.2) is 0 Å². The van der Waals surface area contributed by atoms with E-state index < -0.39 is 0 Å². The molecule has 2 N–H and O–H groups in total. The van der Waals surface area contributed by atoms with Gasteiger partial charge in [-0.15, -0.1) is 0 Å². The third-order valence-electron chi connectivity index (χ3n) is 5.61. The van der Waals surface area contributed by atoms with Gasteiger partial charge in [-0.2, -0.15) is 0 Å². The summed E-state index contributed by atoms with van der Waals surface area (Å²) in [6, 6.07) is 15.3. The van der Waals surface area contributed by atoms with E-state index in [4.69, 9.17) is 4.74 Å². The Hall–Kier alpha value is -2.68. The average molecular weight is 330 g/mol. The van der Waals surface area contributed by atoms with E-state index in [1.165, 1.54) is 22.0 Å². The molecule has 5 rings (SSSR count). The lowest BCUT2D eigenvalue weighted by atomic mass is 9.77. The first kappa shape index (κ1) is 14.6. The number of rotatable bonds is 3. The SMILES string of the molecule is CCOc1cccc2c1NC(c1c[nH]c3ccccc13)C1CC=CC21. The maximum Gasteiger partial charge on any atom is 0.142 e. The Morgan fingerprint density at radius 2 is 2.00 bits per heavy atom. The molecular formula is C22H22N2O. The third-order valence-corrected chi connectivity index (χ3v) is 5.61. The lowest BCUT2D eigenvalue weighted by molar-refractivity contribution is 0.337. The zero-order chi connectivity index (χ0) is 16.8. The van der Waals surface area contributed by atoms with Crippen molar-refractivity contribution in [1.29, 1.82) is 0 Å². The van der Waals surface area contributed by atoms with Crippen LogP contribution < -0.4 is 10.1 Å². The summed E-state index contributed by atoms with van der Waals surface area (Å²) >= 11 is 0. The van der Waals surface area contributed by atoms with Crippen molar-refractivity contribution in [3.8, 4) is 5.75 Å². The summed E-state index contributed by atoms with van der Waals surface area (Å²) < 4.78 is 5.91. The number of hydrogen-bond acceptors (Lipinski definition) is 2. The van der Waals surface area contributed by atoms with Gasteiger partial charge in [-0.1, -0.05) is 42.5 Å². The first-order valence-corrected chi connectivity index (χ1v) is 9.11. The van der Waals surface area contributed by atoms with E-state index in [0.29, 0.717) is 18.4 Å². The van der Waals surface area contributed by atoms with Gasteiger partial charge < -0.3 is 15.0 Å². The molecule has 0 amide bonds. The van der Waals surface area contributed by atoms with Crippen LogP contribution in [0.15, 0.2) is 60.8 Å². The van der Waals surface area contributed by atoms with E-state index in [9.17, 15) is 0 Å². The van der Waals surface area contributed by atoms with Gasteiger partial charge in [0.25, 0.3) is 0 Å². The highest BCUT2D eigenvalue weighted by Crippen LogP contribution is 2.52. The number of benzene rings is 2. The molecule has 0 spiro atoms. The Bertz CT molecular complexity index is 956. The zero-order valence-corrected chi connectivity index (χ0v) is 14.3. The molecule has 2 aromatic carbocycles. The smallest absolute Gasteiger partial charge is 0.142 e. The lowest BCUT2D eigenvalue weighted by Crippen LogP contribution is -2.29. The van der Waals surface area contributed by atoms with Crippen molar-refractivity contribution in [2.75, 3.05) is 11.9 Å². The van der Waals surface area contributed by atoms with Crippen LogP contribution in [-0.2, 0) is 0 Å². The lowest BCUT2D eigenvalue weighted by Gasteiger charge is -2.38. The summed E-state index contributed by atoms with van der Waals surface area (Å²) in [6.45, 7) is 2.72. The molecule has 1 aliphatic carbocycles. The van der Waals surface area contributed by atoms with Crippen molar-refractivity contribution in [3.63, 3.8) is 0 Å². The first-order valence-electron chi connectivity index (χ1n) is 9.11. The summed E-state index contributed by atoms with van der Waals surface area (Å²) in [7, 11) is 0. The number of H-pyrrole nitrogens is 1. The van der Waals surface area contributed by atoms with Gasteiger partial charge in [0.2, 0.25) is 0 Å². The molecule has 0 saturated carbocycles. The minimum Gasteiger partial charge on any atom is -0.492 e. The van der Waals surface area contributed by atoms with Gasteiger partial charge in [-0.3, -0.25) is 0 Å². The molecule has 0 bridgehead atoms. The minimum absolute atomic E-state index is 0.283. The molecule has 3 atom stereocenters. The molecular weight excluding hydrogens is 308 g/mol. The van der Waals surface area contributed by atoms with Crippen LogP contribution in [0.2, 0.25) is 0 Å². The van der Waals surface area contributed by atoms with Crippen LogP contribution in [-0.4, -0.2) is 11.6 Å². The van der Waals surface area contributed by atoms with Crippen molar-refractivity contribution in [2.45, 2.75) is 25.3 Å². The fourth-order valence-corrected chi connectivity index (χ4v) is 4.53. The Morgan fingerprint density at radius 3 is 2.92 bits per heavy atom. The number of aromatic nitrogens is 1. The number of para-hydroxylation sites is 2. The van der Waals surface area contributed by atoms with Gasteiger partial charge in [-0.05, 0) is 42.5 Å². The second-order valence-electron chi connectivity index (χ2n) is 6.92. The number of anilines is 1. The van der Waals surface area contributed by atoms with E-state index in [2.05, 4.69) is 71.1 Å². The highest BCUT2D eigenvalue weighted by Gasteiger charge is 2.39. The Balaban J connectivity index is 1.65. The van der Waals surface area contributed by atoms with E-state index in [1.54, 1.807) is 0 Å². The molecule has 3 aromatic rings. The summed E-state index contributed by atoms with van der Waals surface area (Å²) in [5.41, 5.74) is 5.07. The molecule has 126 valence electrons. The van der Waals surface area contributed by atoms with Crippen molar-refractivity contribution in [1.82, 2.24) is 4.98 Å². The molecule has 3 unspecified atom stereocenters. The Morgan fingerprint density at radius 1 is 1.08 bits per heavy atom. The molecule has 2 heterocycles. The van der Waals surface area contributed by atoms with E-state index in [0.717, 1.165) is 17.9 Å². The Labute approximate surface area is 147 Å². The third kappa shape index (κ3) is 2.19. The number of ether oxygens (including phenoxy) is 1. The second kappa shape index (κ2) is 5.69. The molecule has 1 aliphatic heterocycles. The predicted octanol–water partition coefficient (Wildman–Crippen LogP) is 5.39. The van der Waals surface area contributed by atoms with Gasteiger partial charge in [-0.25, -0.2) is 0 Å². The van der Waals surface area contributed by atoms with Crippen LogP contribution in [0.25, 0.3) is 10.9 Å². The zero-order valence-electron chi connectivity index (χ0n) is 14.3. The van der Waals surface area contributed by atoms with Crippen LogP contribution in [0, 0.1) is 5.92 Å². The van der Waals surface area contributed by atoms with Gasteiger partial charge in [0.05, 0.1) is 18.3 Å². The first-order chi connectivity index (χ1) is 12.4. The molecule has 1 aromatic heterocycles. The Kier molecular flexibility index (Phi) is 3.34. The highest BCUT2D eigenvalue weighted by molar-refractivity contribution is 5.84. The fourth-order valence-electron chi connectivity index (χ4n) is 4.53. The quantitative estimate of drug-likeness (QED) is 0.632. The molecule has 3 heteroatoms. The molecule has 0 saturated heterocycles. The number of aromatic amines is 1. The topological polar surface area (TPSA) is 37.0 Å². The van der Waals surface area contributed by atoms with E-state index in [-0.39, 0.29) is 6.04 Å². The fraction of sp³-hybridized carbons (Fsp3) is 0.273. The van der Waals surface area contributed by atoms with Crippen LogP contribution in [0.1, 0.15) is 36.4 Å². The number of hydrogen-bond donors (Lipinski definition) is 2. The second-order valence-corrected chi connectivity index (χ2v) is 6.92. The summed E-state index contributed by atoms with van der Waals surface area (Å²) in [5.74, 6) is 1.96. The van der Waals surface area contributed by atoms with Crippen molar-refractivity contribution in [3.05, 3.63) is 71.9 Å². The van der Waals surface area contributed by atoms with Gasteiger partial charge in [0, 0.05) is 23.0 Å². The minimum atomic E-state index is 0.283. The monoisotopic (exact) mass is 330 g/mol. The van der Waals surface area contributed by atoms with Crippen molar-refractivity contribution >= 4 is 16.6 Å². The number of nitrogens with one attached hydrogen (secondary N) is 2. The van der Waals surface area contributed by atoms with Gasteiger partial charge >= 0.3 is 0 Å². The van der Waals surface area contributed by atoms with Crippen LogP contribution in [0.5, 0.6) is 5.75 Å². The largest absolute Gasteiger partial charge is 0.492 e. The predicted molar refractivity (Wildman–Crippen MR) is 102 cm³/mol. The van der Waals surface area contributed by atoms with Crippen LogP contribution >= 0.6 is 0 Å². The summed E-state index contributed by atoms with van der Waals surface area (Å²) in [6.07, 6.45) is 8.00.